The highest BCUT2D eigenvalue weighted by Gasteiger charge is 2.49. The monoisotopic (exact) mass is 427 g/mol. The van der Waals surface area contributed by atoms with E-state index >= 15 is 0 Å². The standard InChI is InChI=1S/C24H26ClNO4/c25-18-7-4-16(5-8-18)20(27)14-26-12-11-24(28)10-2-1-3-19(24)23(26)17-6-9-21-22(13-17)30-15-29-21/h4-9,13,19,23,28H,1-3,10-12,14-15H2/t19-,23-,24+/m0/s1. The first kappa shape index (κ1) is 19.9. The first-order chi connectivity index (χ1) is 14.5. The number of aliphatic hydroxyl groups is 1. The van der Waals surface area contributed by atoms with Crippen molar-refractivity contribution in [2.24, 2.45) is 5.92 Å². The minimum absolute atomic E-state index is 0.0326. The molecule has 30 heavy (non-hydrogen) atoms. The average Bonchev–Trinajstić information content (AvgIpc) is 3.22. The molecule has 2 aromatic rings. The third-order valence-corrected chi connectivity index (χ3v) is 7.17. The van der Waals surface area contributed by atoms with Crippen LogP contribution in [0.25, 0.3) is 0 Å². The minimum Gasteiger partial charge on any atom is -0.454 e. The highest BCUT2D eigenvalue weighted by molar-refractivity contribution is 6.30. The van der Waals surface area contributed by atoms with Gasteiger partial charge in [-0.1, -0.05) is 30.5 Å². The summed E-state index contributed by atoms with van der Waals surface area (Å²) in [4.78, 5) is 15.3. The van der Waals surface area contributed by atoms with Crippen molar-refractivity contribution >= 4 is 17.4 Å². The van der Waals surface area contributed by atoms with Gasteiger partial charge in [0, 0.05) is 29.1 Å². The van der Waals surface area contributed by atoms with Crippen LogP contribution in [0.5, 0.6) is 11.5 Å². The lowest BCUT2D eigenvalue weighted by Gasteiger charge is -2.52. The summed E-state index contributed by atoms with van der Waals surface area (Å²) in [6, 6.07) is 13.0. The molecule has 2 heterocycles. The summed E-state index contributed by atoms with van der Waals surface area (Å²) >= 11 is 5.98. The molecule has 0 spiro atoms. The predicted octanol–water partition coefficient (Wildman–Crippen LogP) is 4.62. The molecule has 0 radical (unpaired) electrons. The van der Waals surface area contributed by atoms with Gasteiger partial charge in [-0.3, -0.25) is 9.69 Å². The van der Waals surface area contributed by atoms with E-state index in [0.29, 0.717) is 30.1 Å². The van der Waals surface area contributed by atoms with E-state index in [1.165, 1.54) is 0 Å². The number of hydrogen-bond acceptors (Lipinski definition) is 5. The first-order valence-corrected chi connectivity index (χ1v) is 11.1. The molecule has 2 aliphatic heterocycles. The van der Waals surface area contributed by atoms with Crippen molar-refractivity contribution in [3.8, 4) is 11.5 Å². The quantitative estimate of drug-likeness (QED) is 0.721. The maximum atomic E-state index is 13.0. The summed E-state index contributed by atoms with van der Waals surface area (Å²) in [5.74, 6) is 1.65. The second kappa shape index (κ2) is 7.88. The summed E-state index contributed by atoms with van der Waals surface area (Å²) in [6.45, 7) is 1.23. The third kappa shape index (κ3) is 3.59. The van der Waals surface area contributed by atoms with Crippen molar-refractivity contribution in [3.63, 3.8) is 0 Å². The lowest BCUT2D eigenvalue weighted by molar-refractivity contribution is -0.122. The zero-order chi connectivity index (χ0) is 20.7. The Labute approximate surface area is 181 Å². The maximum absolute atomic E-state index is 13.0. The van der Waals surface area contributed by atoms with Crippen LogP contribution in [0.15, 0.2) is 42.5 Å². The number of rotatable bonds is 4. The van der Waals surface area contributed by atoms with Crippen LogP contribution in [0.3, 0.4) is 0 Å². The summed E-state index contributed by atoms with van der Waals surface area (Å²) in [5, 5.41) is 12.1. The Morgan fingerprint density at radius 2 is 1.90 bits per heavy atom. The number of carbonyl (C=O) groups is 1. The first-order valence-electron chi connectivity index (χ1n) is 10.7. The smallest absolute Gasteiger partial charge is 0.231 e. The molecule has 0 unspecified atom stereocenters. The van der Waals surface area contributed by atoms with Gasteiger partial charge in [-0.05, 0) is 61.2 Å². The normalized spacial score (nSPS) is 28.2. The Balaban J connectivity index is 1.47. The van der Waals surface area contributed by atoms with Gasteiger partial charge in [0.05, 0.1) is 12.1 Å². The van der Waals surface area contributed by atoms with Crippen molar-refractivity contribution in [2.45, 2.75) is 43.7 Å². The number of Topliss-reactive ketones (excluding diaryl/α,β-unsaturated/α-hetero) is 1. The number of likely N-dealkylation sites (tertiary alicyclic amines) is 1. The number of carbonyl (C=O) groups excluding carboxylic acids is 1. The molecule has 2 aromatic carbocycles. The molecule has 3 aliphatic rings. The molecule has 1 N–H and O–H groups in total. The van der Waals surface area contributed by atoms with E-state index in [-0.39, 0.29) is 24.5 Å². The summed E-state index contributed by atoms with van der Waals surface area (Å²) in [6.07, 6.45) is 4.66. The van der Waals surface area contributed by atoms with Crippen LogP contribution in [0.4, 0.5) is 0 Å². The fourth-order valence-electron chi connectivity index (χ4n) is 5.37. The second-order valence-electron chi connectivity index (χ2n) is 8.66. The van der Waals surface area contributed by atoms with Gasteiger partial charge < -0.3 is 14.6 Å². The van der Waals surface area contributed by atoms with E-state index in [1.54, 1.807) is 24.3 Å². The molecule has 3 atom stereocenters. The van der Waals surface area contributed by atoms with Crippen LogP contribution < -0.4 is 9.47 Å². The molecule has 0 aromatic heterocycles. The fourth-order valence-corrected chi connectivity index (χ4v) is 5.50. The Bertz CT molecular complexity index is 947. The van der Waals surface area contributed by atoms with E-state index in [9.17, 15) is 9.90 Å². The van der Waals surface area contributed by atoms with E-state index in [0.717, 1.165) is 42.7 Å². The molecule has 0 amide bonds. The number of benzene rings is 2. The van der Waals surface area contributed by atoms with Crippen LogP contribution in [0.1, 0.15) is 54.1 Å². The maximum Gasteiger partial charge on any atom is 0.231 e. The Morgan fingerprint density at radius 1 is 1.10 bits per heavy atom. The largest absolute Gasteiger partial charge is 0.454 e. The van der Waals surface area contributed by atoms with E-state index in [4.69, 9.17) is 21.1 Å². The van der Waals surface area contributed by atoms with Crippen molar-refractivity contribution in [1.29, 1.82) is 0 Å². The van der Waals surface area contributed by atoms with Gasteiger partial charge in [-0.25, -0.2) is 0 Å². The molecule has 158 valence electrons. The number of fused-ring (bicyclic) bond motifs is 2. The Morgan fingerprint density at radius 3 is 2.73 bits per heavy atom. The molecule has 1 saturated heterocycles. The number of nitrogens with zero attached hydrogens (tertiary/aromatic N) is 1. The average molecular weight is 428 g/mol. The molecule has 1 aliphatic carbocycles. The summed E-state index contributed by atoms with van der Waals surface area (Å²) in [5.41, 5.74) is 1.07. The van der Waals surface area contributed by atoms with Gasteiger partial charge in [0.25, 0.3) is 0 Å². The lowest BCUT2D eigenvalue weighted by Crippen LogP contribution is -2.55. The van der Waals surface area contributed by atoms with Gasteiger partial charge in [0.2, 0.25) is 6.79 Å². The van der Waals surface area contributed by atoms with Gasteiger partial charge in [-0.15, -0.1) is 0 Å². The molecule has 5 rings (SSSR count). The minimum atomic E-state index is -0.668. The zero-order valence-corrected chi connectivity index (χ0v) is 17.6. The van der Waals surface area contributed by atoms with Gasteiger partial charge in [0.1, 0.15) is 0 Å². The molecular formula is C24H26ClNO4. The van der Waals surface area contributed by atoms with Gasteiger partial charge in [-0.2, -0.15) is 0 Å². The van der Waals surface area contributed by atoms with Crippen LogP contribution in [-0.2, 0) is 0 Å². The molecule has 1 saturated carbocycles. The van der Waals surface area contributed by atoms with Gasteiger partial charge in [0.15, 0.2) is 17.3 Å². The van der Waals surface area contributed by atoms with Crippen LogP contribution in [-0.4, -0.2) is 41.3 Å². The van der Waals surface area contributed by atoms with Crippen LogP contribution in [0.2, 0.25) is 5.02 Å². The fraction of sp³-hybridized carbons (Fsp3) is 0.458. The molecule has 2 fully saturated rings. The van der Waals surface area contributed by atoms with Crippen LogP contribution in [0, 0.1) is 5.92 Å². The highest BCUT2D eigenvalue weighted by Crippen LogP contribution is 2.50. The van der Waals surface area contributed by atoms with Crippen molar-refractivity contribution in [1.82, 2.24) is 4.90 Å². The summed E-state index contributed by atoms with van der Waals surface area (Å²) < 4.78 is 11.1. The number of piperidine rings is 1. The SMILES string of the molecule is O=C(CN1CC[C@]2(O)CCCC[C@H]2[C@@H]1c1ccc2c(c1)OCO2)c1ccc(Cl)cc1. The molecule has 6 heteroatoms. The number of ketones is 1. The lowest BCUT2D eigenvalue weighted by atomic mass is 9.66. The second-order valence-corrected chi connectivity index (χ2v) is 9.10. The van der Waals surface area contributed by atoms with Crippen LogP contribution >= 0.6 is 11.6 Å². The highest BCUT2D eigenvalue weighted by atomic mass is 35.5. The Hall–Kier alpha value is -2.08. The molecular weight excluding hydrogens is 402 g/mol. The van der Waals surface area contributed by atoms with Crippen molar-refractivity contribution in [2.75, 3.05) is 19.9 Å². The molecule has 0 bridgehead atoms. The predicted molar refractivity (Wildman–Crippen MR) is 114 cm³/mol. The van der Waals surface area contributed by atoms with Crippen molar-refractivity contribution < 1.29 is 19.4 Å². The number of hydrogen-bond donors (Lipinski definition) is 1. The van der Waals surface area contributed by atoms with Gasteiger partial charge >= 0.3 is 0 Å². The summed E-state index contributed by atoms with van der Waals surface area (Å²) in [7, 11) is 0. The topological polar surface area (TPSA) is 59.0 Å². The van der Waals surface area contributed by atoms with E-state index in [1.807, 2.05) is 12.1 Å². The van der Waals surface area contributed by atoms with E-state index < -0.39 is 5.60 Å². The zero-order valence-electron chi connectivity index (χ0n) is 16.9. The Kier molecular flexibility index (Phi) is 5.21. The number of halogens is 1. The van der Waals surface area contributed by atoms with Crippen molar-refractivity contribution in [3.05, 3.63) is 58.6 Å². The molecule has 5 nitrogen and oxygen atoms in total. The van der Waals surface area contributed by atoms with E-state index in [2.05, 4.69) is 11.0 Å². The third-order valence-electron chi connectivity index (χ3n) is 6.92. The number of ether oxygens (including phenoxy) is 2.